The van der Waals surface area contributed by atoms with Gasteiger partial charge in [0.05, 0.1) is 28.4 Å². The van der Waals surface area contributed by atoms with Crippen LogP contribution in [0.5, 0.6) is 5.75 Å². The molecular formula is C22H20Cl2N2O4S. The van der Waals surface area contributed by atoms with E-state index in [1.54, 1.807) is 48.5 Å². The Morgan fingerprint density at radius 3 is 2.35 bits per heavy atom. The van der Waals surface area contributed by atoms with Crippen LogP contribution in [0.4, 0.5) is 11.4 Å². The van der Waals surface area contributed by atoms with Crippen LogP contribution in [-0.2, 0) is 14.8 Å². The van der Waals surface area contributed by atoms with Crippen LogP contribution in [0.3, 0.4) is 0 Å². The van der Waals surface area contributed by atoms with Crippen molar-refractivity contribution in [2.45, 2.75) is 11.8 Å². The maximum Gasteiger partial charge on any atom is 0.264 e. The Morgan fingerprint density at radius 2 is 1.71 bits per heavy atom. The monoisotopic (exact) mass is 478 g/mol. The fraction of sp³-hybridized carbons (Fsp3) is 0.136. The molecule has 9 heteroatoms. The highest BCUT2D eigenvalue weighted by Gasteiger charge is 2.29. The number of carbonyl (C=O) groups is 1. The molecule has 0 radical (unpaired) electrons. The van der Waals surface area contributed by atoms with Crippen LogP contribution in [0.25, 0.3) is 0 Å². The number of aryl methyl sites for hydroxylation is 1. The van der Waals surface area contributed by atoms with Crippen molar-refractivity contribution in [3.63, 3.8) is 0 Å². The zero-order valence-electron chi connectivity index (χ0n) is 16.8. The van der Waals surface area contributed by atoms with Crippen molar-refractivity contribution in [3.05, 3.63) is 82.3 Å². The van der Waals surface area contributed by atoms with Gasteiger partial charge in [0.15, 0.2) is 0 Å². The molecule has 0 spiro atoms. The lowest BCUT2D eigenvalue weighted by molar-refractivity contribution is -0.114. The summed E-state index contributed by atoms with van der Waals surface area (Å²) in [6.45, 7) is 1.35. The summed E-state index contributed by atoms with van der Waals surface area (Å²) in [5.41, 5.74) is 1.43. The zero-order chi connectivity index (χ0) is 22.6. The van der Waals surface area contributed by atoms with Crippen LogP contribution in [0.2, 0.25) is 10.0 Å². The number of anilines is 2. The number of carbonyl (C=O) groups excluding carboxylic acids is 1. The maximum atomic E-state index is 13.4. The minimum atomic E-state index is -4.07. The molecule has 3 aromatic carbocycles. The van der Waals surface area contributed by atoms with Gasteiger partial charge in [-0.1, -0.05) is 53.0 Å². The molecule has 162 valence electrons. The van der Waals surface area contributed by atoms with Gasteiger partial charge in [0.1, 0.15) is 12.3 Å². The van der Waals surface area contributed by atoms with Crippen molar-refractivity contribution in [1.29, 1.82) is 0 Å². The Bertz CT molecular complexity index is 1200. The van der Waals surface area contributed by atoms with Gasteiger partial charge < -0.3 is 10.1 Å². The van der Waals surface area contributed by atoms with Crippen molar-refractivity contribution in [2.24, 2.45) is 0 Å². The van der Waals surface area contributed by atoms with Gasteiger partial charge in [0, 0.05) is 5.02 Å². The smallest absolute Gasteiger partial charge is 0.264 e. The van der Waals surface area contributed by atoms with E-state index in [2.05, 4.69) is 5.32 Å². The van der Waals surface area contributed by atoms with E-state index in [0.29, 0.717) is 16.5 Å². The van der Waals surface area contributed by atoms with E-state index < -0.39 is 22.5 Å². The fourth-order valence-electron chi connectivity index (χ4n) is 2.89. The number of methoxy groups -OCH3 is 1. The standard InChI is InChI=1S/C22H20Cl2N2O4S/c1-15-7-10-17(11-8-15)31(28,29)26(20-6-4-3-5-18(20)24)14-22(27)25-19-13-16(23)9-12-21(19)30-2/h3-13H,14H2,1-2H3,(H,25,27). The molecule has 0 atom stereocenters. The number of amides is 1. The van der Waals surface area contributed by atoms with Gasteiger partial charge in [-0.05, 0) is 49.4 Å². The molecule has 0 aliphatic rings. The number of para-hydroxylation sites is 1. The first-order chi connectivity index (χ1) is 14.7. The molecule has 0 bridgehead atoms. The number of rotatable bonds is 7. The summed E-state index contributed by atoms with van der Waals surface area (Å²) in [5, 5.41) is 3.25. The Balaban J connectivity index is 1.98. The lowest BCUT2D eigenvalue weighted by Crippen LogP contribution is -2.38. The minimum Gasteiger partial charge on any atom is -0.495 e. The summed E-state index contributed by atoms with van der Waals surface area (Å²) in [6.07, 6.45) is 0. The summed E-state index contributed by atoms with van der Waals surface area (Å²) < 4.78 is 33.0. The molecule has 6 nitrogen and oxygen atoms in total. The molecule has 1 N–H and O–H groups in total. The second-order valence-electron chi connectivity index (χ2n) is 6.67. The van der Waals surface area contributed by atoms with Gasteiger partial charge >= 0.3 is 0 Å². The molecule has 0 heterocycles. The summed E-state index contributed by atoms with van der Waals surface area (Å²) in [7, 11) is -2.62. The fourth-order valence-corrected chi connectivity index (χ4v) is 4.79. The van der Waals surface area contributed by atoms with Crippen LogP contribution in [0, 0.1) is 6.92 Å². The van der Waals surface area contributed by atoms with E-state index in [0.717, 1.165) is 9.87 Å². The number of sulfonamides is 1. The predicted molar refractivity (Wildman–Crippen MR) is 124 cm³/mol. The highest BCUT2D eigenvalue weighted by Crippen LogP contribution is 2.31. The van der Waals surface area contributed by atoms with Gasteiger partial charge in [-0.3, -0.25) is 9.10 Å². The van der Waals surface area contributed by atoms with Crippen LogP contribution in [0.1, 0.15) is 5.56 Å². The number of hydrogen-bond donors (Lipinski definition) is 1. The van der Waals surface area contributed by atoms with Gasteiger partial charge in [-0.15, -0.1) is 0 Å². The minimum absolute atomic E-state index is 0.0474. The Hall–Kier alpha value is -2.74. The van der Waals surface area contributed by atoms with Crippen LogP contribution < -0.4 is 14.4 Å². The number of benzene rings is 3. The van der Waals surface area contributed by atoms with Crippen LogP contribution >= 0.6 is 23.2 Å². The van der Waals surface area contributed by atoms with E-state index in [4.69, 9.17) is 27.9 Å². The lowest BCUT2D eigenvalue weighted by Gasteiger charge is -2.25. The van der Waals surface area contributed by atoms with Crippen molar-refractivity contribution in [2.75, 3.05) is 23.3 Å². The SMILES string of the molecule is COc1ccc(Cl)cc1NC(=O)CN(c1ccccc1Cl)S(=O)(=O)c1ccc(C)cc1. The molecule has 0 unspecified atom stereocenters. The molecule has 0 fully saturated rings. The number of halogens is 2. The first-order valence-electron chi connectivity index (χ1n) is 9.19. The highest BCUT2D eigenvalue weighted by molar-refractivity contribution is 7.92. The number of nitrogens with one attached hydrogen (secondary N) is 1. The summed E-state index contributed by atoms with van der Waals surface area (Å²) in [4.78, 5) is 12.9. The average Bonchev–Trinajstić information content (AvgIpc) is 2.73. The van der Waals surface area contributed by atoms with Crippen molar-refractivity contribution in [1.82, 2.24) is 0 Å². The Morgan fingerprint density at radius 1 is 1.03 bits per heavy atom. The normalized spacial score (nSPS) is 11.1. The molecule has 0 saturated heterocycles. The van der Waals surface area contributed by atoms with E-state index in [-0.39, 0.29) is 15.6 Å². The zero-order valence-corrected chi connectivity index (χ0v) is 19.1. The van der Waals surface area contributed by atoms with Crippen molar-refractivity contribution in [3.8, 4) is 5.75 Å². The lowest BCUT2D eigenvalue weighted by atomic mass is 10.2. The van der Waals surface area contributed by atoms with Crippen LogP contribution in [0.15, 0.2) is 71.6 Å². The van der Waals surface area contributed by atoms with E-state index >= 15 is 0 Å². The molecule has 1 amide bonds. The third kappa shape index (κ3) is 5.31. The molecule has 0 saturated carbocycles. The highest BCUT2D eigenvalue weighted by atomic mass is 35.5. The number of nitrogens with zero attached hydrogens (tertiary/aromatic N) is 1. The predicted octanol–water partition coefficient (Wildman–Crippen LogP) is 5.14. The van der Waals surface area contributed by atoms with Crippen molar-refractivity contribution < 1.29 is 17.9 Å². The van der Waals surface area contributed by atoms with Crippen molar-refractivity contribution >= 4 is 50.5 Å². The summed E-state index contributed by atoms with van der Waals surface area (Å²) in [6, 6.07) is 17.5. The third-order valence-electron chi connectivity index (χ3n) is 4.45. The van der Waals surface area contributed by atoms with Gasteiger partial charge in [-0.2, -0.15) is 0 Å². The second kappa shape index (κ2) is 9.60. The quantitative estimate of drug-likeness (QED) is 0.509. The second-order valence-corrected chi connectivity index (χ2v) is 9.37. The Labute approximate surface area is 191 Å². The molecule has 0 aromatic heterocycles. The van der Waals surface area contributed by atoms with E-state index in [1.165, 1.54) is 25.3 Å². The Kier molecular flexibility index (Phi) is 7.10. The van der Waals surface area contributed by atoms with Gasteiger partial charge in [0.25, 0.3) is 10.0 Å². The van der Waals surface area contributed by atoms with Gasteiger partial charge in [-0.25, -0.2) is 8.42 Å². The van der Waals surface area contributed by atoms with E-state index in [1.807, 2.05) is 6.92 Å². The molecule has 3 aromatic rings. The first kappa shape index (κ1) is 22.9. The summed E-state index contributed by atoms with van der Waals surface area (Å²) >= 11 is 12.3. The van der Waals surface area contributed by atoms with Gasteiger partial charge in [0.2, 0.25) is 5.91 Å². The number of hydrogen-bond acceptors (Lipinski definition) is 4. The first-order valence-corrected chi connectivity index (χ1v) is 11.4. The molecular weight excluding hydrogens is 459 g/mol. The van der Waals surface area contributed by atoms with E-state index in [9.17, 15) is 13.2 Å². The topological polar surface area (TPSA) is 75.7 Å². The molecule has 3 rings (SSSR count). The van der Waals surface area contributed by atoms with Crippen LogP contribution in [-0.4, -0.2) is 28.0 Å². The largest absolute Gasteiger partial charge is 0.495 e. The molecule has 31 heavy (non-hydrogen) atoms. The number of ether oxygens (including phenoxy) is 1. The maximum absolute atomic E-state index is 13.4. The average molecular weight is 479 g/mol. The summed E-state index contributed by atoms with van der Waals surface area (Å²) in [5.74, 6) is -0.195. The molecule has 0 aliphatic heterocycles. The third-order valence-corrected chi connectivity index (χ3v) is 6.78. The molecule has 0 aliphatic carbocycles.